The summed E-state index contributed by atoms with van der Waals surface area (Å²) >= 11 is 5.81. The lowest BCUT2D eigenvalue weighted by molar-refractivity contribution is 0.102. The standard InChI is InChI=1S/C14H9ClFN3O/c15-10-3-8(4-11(18)6-10)14(20)19-12-1-2-13(16)9(5-12)7-17/h1-6H,18H2,(H,19,20). The Kier molecular flexibility index (Phi) is 3.87. The quantitative estimate of drug-likeness (QED) is 0.833. The molecular formula is C14H9ClFN3O. The summed E-state index contributed by atoms with van der Waals surface area (Å²) in [6, 6.07) is 9.87. The number of benzene rings is 2. The van der Waals surface area contributed by atoms with Crippen LogP contribution in [0, 0.1) is 17.1 Å². The number of nitrogens with zero attached hydrogens (tertiary/aromatic N) is 1. The molecule has 20 heavy (non-hydrogen) atoms. The minimum Gasteiger partial charge on any atom is -0.399 e. The molecule has 1 amide bonds. The lowest BCUT2D eigenvalue weighted by atomic mass is 10.1. The van der Waals surface area contributed by atoms with Crippen molar-refractivity contribution in [2.75, 3.05) is 11.1 Å². The summed E-state index contributed by atoms with van der Waals surface area (Å²) < 4.78 is 13.2. The second-order valence-corrected chi connectivity index (χ2v) is 4.47. The monoisotopic (exact) mass is 289 g/mol. The number of hydrogen-bond acceptors (Lipinski definition) is 3. The Morgan fingerprint density at radius 3 is 2.70 bits per heavy atom. The predicted octanol–water partition coefficient (Wildman–Crippen LogP) is 3.19. The van der Waals surface area contributed by atoms with Crippen molar-refractivity contribution in [2.45, 2.75) is 0 Å². The Hall–Kier alpha value is -2.58. The first-order chi connectivity index (χ1) is 9.49. The number of carbonyl (C=O) groups excluding carboxylic acids is 1. The molecule has 0 spiro atoms. The van der Waals surface area contributed by atoms with E-state index in [1.807, 2.05) is 0 Å². The van der Waals surface area contributed by atoms with Crippen molar-refractivity contribution in [3.8, 4) is 6.07 Å². The highest BCUT2D eigenvalue weighted by Gasteiger charge is 2.09. The highest BCUT2D eigenvalue weighted by Crippen LogP contribution is 2.19. The zero-order chi connectivity index (χ0) is 14.7. The Balaban J connectivity index is 2.26. The van der Waals surface area contributed by atoms with Gasteiger partial charge in [0, 0.05) is 22.0 Å². The number of nitriles is 1. The number of anilines is 2. The van der Waals surface area contributed by atoms with Crippen molar-refractivity contribution < 1.29 is 9.18 Å². The minimum atomic E-state index is -0.641. The lowest BCUT2D eigenvalue weighted by Gasteiger charge is -2.07. The Morgan fingerprint density at radius 2 is 2.05 bits per heavy atom. The van der Waals surface area contributed by atoms with Gasteiger partial charge in [-0.3, -0.25) is 4.79 Å². The second kappa shape index (κ2) is 5.59. The van der Waals surface area contributed by atoms with E-state index in [4.69, 9.17) is 22.6 Å². The van der Waals surface area contributed by atoms with Gasteiger partial charge in [0.25, 0.3) is 5.91 Å². The number of carbonyl (C=O) groups is 1. The first-order valence-electron chi connectivity index (χ1n) is 5.56. The molecule has 0 aromatic heterocycles. The SMILES string of the molecule is N#Cc1cc(NC(=O)c2cc(N)cc(Cl)c2)ccc1F. The normalized spacial score (nSPS) is 9.85. The van der Waals surface area contributed by atoms with Crippen LogP contribution in [-0.2, 0) is 0 Å². The van der Waals surface area contributed by atoms with Crippen LogP contribution < -0.4 is 11.1 Å². The number of amides is 1. The molecule has 0 saturated heterocycles. The molecule has 0 aliphatic heterocycles. The maximum absolute atomic E-state index is 13.2. The van der Waals surface area contributed by atoms with Crippen LogP contribution in [0.4, 0.5) is 15.8 Å². The number of nitrogen functional groups attached to an aromatic ring is 1. The summed E-state index contributed by atoms with van der Waals surface area (Å²) in [7, 11) is 0. The molecule has 0 aliphatic carbocycles. The van der Waals surface area contributed by atoms with Crippen LogP contribution >= 0.6 is 11.6 Å². The van der Waals surface area contributed by atoms with E-state index in [2.05, 4.69) is 5.32 Å². The molecule has 100 valence electrons. The van der Waals surface area contributed by atoms with Crippen LogP contribution in [0.25, 0.3) is 0 Å². The van der Waals surface area contributed by atoms with Gasteiger partial charge in [0.1, 0.15) is 11.9 Å². The van der Waals surface area contributed by atoms with Gasteiger partial charge in [-0.15, -0.1) is 0 Å². The van der Waals surface area contributed by atoms with Gasteiger partial charge in [-0.2, -0.15) is 5.26 Å². The molecule has 0 heterocycles. The molecule has 4 nitrogen and oxygen atoms in total. The third-order valence-electron chi connectivity index (χ3n) is 2.53. The van der Waals surface area contributed by atoms with Crippen molar-refractivity contribution in [1.82, 2.24) is 0 Å². The topological polar surface area (TPSA) is 78.9 Å². The van der Waals surface area contributed by atoms with E-state index in [0.29, 0.717) is 16.4 Å². The van der Waals surface area contributed by atoms with Crippen molar-refractivity contribution in [3.05, 3.63) is 58.4 Å². The summed E-state index contributed by atoms with van der Waals surface area (Å²) in [6.07, 6.45) is 0. The van der Waals surface area contributed by atoms with E-state index in [0.717, 1.165) is 6.07 Å². The number of nitrogens with one attached hydrogen (secondary N) is 1. The van der Waals surface area contributed by atoms with Gasteiger partial charge >= 0.3 is 0 Å². The van der Waals surface area contributed by atoms with Gasteiger partial charge < -0.3 is 11.1 Å². The molecule has 2 rings (SSSR count). The van der Waals surface area contributed by atoms with Crippen LogP contribution in [0.15, 0.2) is 36.4 Å². The fourth-order valence-electron chi connectivity index (χ4n) is 1.64. The van der Waals surface area contributed by atoms with Crippen molar-refractivity contribution in [3.63, 3.8) is 0 Å². The highest BCUT2D eigenvalue weighted by atomic mass is 35.5. The zero-order valence-electron chi connectivity index (χ0n) is 10.2. The van der Waals surface area contributed by atoms with E-state index < -0.39 is 11.7 Å². The van der Waals surface area contributed by atoms with Crippen LogP contribution in [0.2, 0.25) is 5.02 Å². The van der Waals surface area contributed by atoms with Crippen molar-refractivity contribution in [2.24, 2.45) is 0 Å². The maximum Gasteiger partial charge on any atom is 0.255 e. The highest BCUT2D eigenvalue weighted by molar-refractivity contribution is 6.31. The third-order valence-corrected chi connectivity index (χ3v) is 2.75. The van der Waals surface area contributed by atoms with E-state index in [1.165, 1.54) is 30.3 Å². The molecule has 2 aromatic rings. The predicted molar refractivity (Wildman–Crippen MR) is 74.9 cm³/mol. The van der Waals surface area contributed by atoms with Gasteiger partial charge in [0.15, 0.2) is 0 Å². The fraction of sp³-hybridized carbons (Fsp3) is 0. The molecule has 0 unspecified atom stereocenters. The van der Waals surface area contributed by atoms with Crippen molar-refractivity contribution in [1.29, 1.82) is 5.26 Å². The fourth-order valence-corrected chi connectivity index (χ4v) is 1.88. The summed E-state index contributed by atoms with van der Waals surface area (Å²) in [5.74, 6) is -1.09. The lowest BCUT2D eigenvalue weighted by Crippen LogP contribution is -2.12. The van der Waals surface area contributed by atoms with E-state index in [9.17, 15) is 9.18 Å². The van der Waals surface area contributed by atoms with Crippen LogP contribution in [-0.4, -0.2) is 5.91 Å². The number of rotatable bonds is 2. The summed E-state index contributed by atoms with van der Waals surface area (Å²) in [6.45, 7) is 0. The minimum absolute atomic E-state index is 0.145. The molecule has 0 bridgehead atoms. The largest absolute Gasteiger partial charge is 0.399 e. The Bertz CT molecular complexity index is 705. The molecule has 0 atom stereocenters. The summed E-state index contributed by atoms with van der Waals surface area (Å²) in [5.41, 5.74) is 6.40. The molecule has 0 saturated carbocycles. The molecule has 0 radical (unpaired) electrons. The smallest absolute Gasteiger partial charge is 0.255 e. The third kappa shape index (κ3) is 3.05. The average molecular weight is 290 g/mol. The van der Waals surface area contributed by atoms with Crippen molar-refractivity contribution >= 4 is 28.9 Å². The second-order valence-electron chi connectivity index (χ2n) is 4.03. The molecule has 3 N–H and O–H groups in total. The van der Waals surface area contributed by atoms with Gasteiger partial charge in [0.2, 0.25) is 0 Å². The number of hydrogen-bond donors (Lipinski definition) is 2. The zero-order valence-corrected chi connectivity index (χ0v) is 10.9. The first kappa shape index (κ1) is 13.8. The summed E-state index contributed by atoms with van der Waals surface area (Å²) in [5, 5.41) is 11.6. The van der Waals surface area contributed by atoms with E-state index in [-0.39, 0.29) is 11.1 Å². The number of nitrogens with two attached hydrogens (primary N) is 1. The van der Waals surface area contributed by atoms with Gasteiger partial charge in [-0.1, -0.05) is 11.6 Å². The van der Waals surface area contributed by atoms with Crippen LogP contribution in [0.1, 0.15) is 15.9 Å². The Morgan fingerprint density at radius 1 is 1.30 bits per heavy atom. The van der Waals surface area contributed by atoms with Gasteiger partial charge in [-0.05, 0) is 36.4 Å². The van der Waals surface area contributed by atoms with Crippen LogP contribution in [0.5, 0.6) is 0 Å². The number of halogens is 2. The molecule has 6 heteroatoms. The molecule has 2 aromatic carbocycles. The van der Waals surface area contributed by atoms with E-state index >= 15 is 0 Å². The Labute approximate surface area is 119 Å². The van der Waals surface area contributed by atoms with Crippen LogP contribution in [0.3, 0.4) is 0 Å². The molecule has 0 aliphatic rings. The molecular weight excluding hydrogens is 281 g/mol. The van der Waals surface area contributed by atoms with Gasteiger partial charge in [-0.25, -0.2) is 4.39 Å². The molecule has 0 fully saturated rings. The van der Waals surface area contributed by atoms with Gasteiger partial charge in [0.05, 0.1) is 5.56 Å². The summed E-state index contributed by atoms with van der Waals surface area (Å²) in [4.78, 5) is 12.0. The average Bonchev–Trinajstić information content (AvgIpc) is 2.39. The van der Waals surface area contributed by atoms with E-state index in [1.54, 1.807) is 6.07 Å². The first-order valence-corrected chi connectivity index (χ1v) is 5.94. The maximum atomic E-state index is 13.2.